The normalized spacial score (nSPS) is 12.0. The van der Waals surface area contributed by atoms with Crippen LogP contribution in [0.1, 0.15) is 23.7 Å². The average Bonchev–Trinajstić information content (AvgIpc) is 2.65. The van der Waals surface area contributed by atoms with Crippen LogP contribution in [0.5, 0.6) is 5.75 Å². The lowest BCUT2D eigenvalue weighted by atomic mass is 10.1. The zero-order valence-electron chi connectivity index (χ0n) is 14.7. The van der Waals surface area contributed by atoms with E-state index >= 15 is 0 Å². The molecular formula is C22H20BrFINO. The van der Waals surface area contributed by atoms with Crippen molar-refractivity contribution in [2.75, 3.05) is 6.54 Å². The van der Waals surface area contributed by atoms with Crippen molar-refractivity contribution in [1.29, 1.82) is 0 Å². The molecule has 3 aromatic rings. The van der Waals surface area contributed by atoms with Gasteiger partial charge in [0.25, 0.3) is 0 Å². The molecule has 2 nitrogen and oxygen atoms in total. The number of halogens is 3. The molecule has 140 valence electrons. The van der Waals surface area contributed by atoms with Crippen LogP contribution in [0.4, 0.5) is 4.39 Å². The molecule has 0 saturated carbocycles. The first-order valence-corrected chi connectivity index (χ1v) is 10.6. The van der Waals surface area contributed by atoms with E-state index in [2.05, 4.69) is 56.0 Å². The van der Waals surface area contributed by atoms with Gasteiger partial charge < -0.3 is 10.1 Å². The van der Waals surface area contributed by atoms with Crippen molar-refractivity contribution in [3.63, 3.8) is 0 Å². The number of ether oxygens (including phenoxy) is 1. The molecule has 0 fully saturated rings. The second kappa shape index (κ2) is 10.2. The SMILES string of the molecule is Fc1cc(Br)ccc1C(CCNCc1ccccc1)Oc1cccc(I)c1. The number of benzene rings is 3. The highest BCUT2D eigenvalue weighted by atomic mass is 127. The molecule has 0 aliphatic heterocycles. The van der Waals surface area contributed by atoms with E-state index in [-0.39, 0.29) is 11.9 Å². The van der Waals surface area contributed by atoms with Gasteiger partial charge in [-0.15, -0.1) is 0 Å². The summed E-state index contributed by atoms with van der Waals surface area (Å²) >= 11 is 5.56. The summed E-state index contributed by atoms with van der Waals surface area (Å²) in [5, 5.41) is 3.42. The van der Waals surface area contributed by atoms with E-state index in [0.717, 1.165) is 26.9 Å². The van der Waals surface area contributed by atoms with E-state index in [4.69, 9.17) is 4.74 Å². The molecule has 0 radical (unpaired) electrons. The van der Waals surface area contributed by atoms with Crippen LogP contribution in [-0.2, 0) is 6.54 Å². The van der Waals surface area contributed by atoms with Gasteiger partial charge in [0.15, 0.2) is 0 Å². The smallest absolute Gasteiger partial charge is 0.131 e. The molecule has 3 aromatic carbocycles. The predicted molar refractivity (Wildman–Crippen MR) is 119 cm³/mol. The van der Waals surface area contributed by atoms with Gasteiger partial charge >= 0.3 is 0 Å². The van der Waals surface area contributed by atoms with Crippen molar-refractivity contribution in [3.8, 4) is 5.75 Å². The van der Waals surface area contributed by atoms with E-state index in [1.165, 1.54) is 11.6 Å². The molecule has 1 unspecified atom stereocenters. The molecule has 3 rings (SSSR count). The fourth-order valence-corrected chi connectivity index (χ4v) is 3.65. The molecular weight excluding hydrogens is 520 g/mol. The van der Waals surface area contributed by atoms with Crippen molar-refractivity contribution in [3.05, 3.63) is 97.8 Å². The van der Waals surface area contributed by atoms with E-state index in [1.54, 1.807) is 6.07 Å². The molecule has 0 spiro atoms. The van der Waals surface area contributed by atoms with Crippen LogP contribution in [0.2, 0.25) is 0 Å². The van der Waals surface area contributed by atoms with E-state index in [1.807, 2.05) is 48.5 Å². The van der Waals surface area contributed by atoms with Gasteiger partial charge in [-0.3, -0.25) is 0 Å². The van der Waals surface area contributed by atoms with Crippen LogP contribution < -0.4 is 10.1 Å². The van der Waals surface area contributed by atoms with Gasteiger partial charge in [0, 0.05) is 26.6 Å². The van der Waals surface area contributed by atoms with Gasteiger partial charge in [0.1, 0.15) is 17.7 Å². The molecule has 5 heteroatoms. The first-order chi connectivity index (χ1) is 13.1. The fourth-order valence-electron chi connectivity index (χ4n) is 2.81. The molecule has 0 saturated heterocycles. The van der Waals surface area contributed by atoms with Gasteiger partial charge in [0.2, 0.25) is 0 Å². The summed E-state index contributed by atoms with van der Waals surface area (Å²) in [7, 11) is 0. The minimum absolute atomic E-state index is 0.261. The maximum absolute atomic E-state index is 14.5. The monoisotopic (exact) mass is 539 g/mol. The van der Waals surface area contributed by atoms with Crippen molar-refractivity contribution in [1.82, 2.24) is 5.32 Å². The molecule has 27 heavy (non-hydrogen) atoms. The second-order valence-corrected chi connectivity index (χ2v) is 8.34. The van der Waals surface area contributed by atoms with Gasteiger partial charge in [0.05, 0.1) is 0 Å². The Balaban J connectivity index is 1.69. The lowest BCUT2D eigenvalue weighted by molar-refractivity contribution is 0.189. The first-order valence-electron chi connectivity index (χ1n) is 8.73. The van der Waals surface area contributed by atoms with Crippen LogP contribution in [-0.4, -0.2) is 6.54 Å². The molecule has 0 aromatic heterocycles. The molecule has 1 N–H and O–H groups in total. The Labute approximate surface area is 181 Å². The highest BCUT2D eigenvalue weighted by Gasteiger charge is 2.18. The number of hydrogen-bond acceptors (Lipinski definition) is 2. The quantitative estimate of drug-likeness (QED) is 0.261. The lowest BCUT2D eigenvalue weighted by Crippen LogP contribution is -2.20. The van der Waals surface area contributed by atoms with Crippen LogP contribution in [0, 0.1) is 9.39 Å². The van der Waals surface area contributed by atoms with Crippen molar-refractivity contribution in [2.45, 2.75) is 19.1 Å². The third-order valence-electron chi connectivity index (χ3n) is 4.14. The summed E-state index contributed by atoms with van der Waals surface area (Å²) < 4.78 is 22.5. The minimum atomic E-state index is -0.362. The first kappa shape index (κ1) is 20.3. The van der Waals surface area contributed by atoms with Crippen molar-refractivity contribution in [2.24, 2.45) is 0 Å². The van der Waals surface area contributed by atoms with Crippen LogP contribution in [0.3, 0.4) is 0 Å². The zero-order valence-corrected chi connectivity index (χ0v) is 18.4. The van der Waals surface area contributed by atoms with Gasteiger partial charge in [-0.1, -0.05) is 58.4 Å². The Bertz CT molecular complexity index is 875. The summed E-state index contributed by atoms with van der Waals surface area (Å²) in [6.45, 7) is 1.50. The Kier molecular flexibility index (Phi) is 7.67. The Hall–Kier alpha value is -1.44. The lowest BCUT2D eigenvalue weighted by Gasteiger charge is -2.21. The largest absolute Gasteiger partial charge is 0.486 e. The molecule has 0 aliphatic rings. The third-order valence-corrected chi connectivity index (χ3v) is 5.30. The van der Waals surface area contributed by atoms with Crippen LogP contribution in [0.25, 0.3) is 0 Å². The Morgan fingerprint density at radius 3 is 2.56 bits per heavy atom. The summed E-state index contributed by atoms with van der Waals surface area (Å²) in [6.07, 6.45) is 0.302. The topological polar surface area (TPSA) is 21.3 Å². The standard InChI is InChI=1S/C22H20BrFINO/c23-17-9-10-20(21(24)13-17)22(27-19-8-4-7-18(25)14-19)11-12-26-15-16-5-2-1-3-6-16/h1-10,13-14,22,26H,11-12,15H2. The Morgan fingerprint density at radius 1 is 1.00 bits per heavy atom. The molecule has 0 bridgehead atoms. The van der Waals surface area contributed by atoms with Gasteiger partial charge in [-0.05, 0) is 65.0 Å². The fraction of sp³-hybridized carbons (Fsp3) is 0.182. The zero-order chi connectivity index (χ0) is 19.1. The predicted octanol–water partition coefficient (Wildman–Crippen LogP) is 6.49. The summed E-state index contributed by atoms with van der Waals surface area (Å²) in [5.74, 6) is 0.486. The van der Waals surface area contributed by atoms with E-state index in [9.17, 15) is 4.39 Å². The molecule has 0 amide bonds. The van der Waals surface area contributed by atoms with Gasteiger partial charge in [-0.25, -0.2) is 4.39 Å². The van der Waals surface area contributed by atoms with Gasteiger partial charge in [-0.2, -0.15) is 0 Å². The third kappa shape index (κ3) is 6.30. The summed E-state index contributed by atoms with van der Waals surface area (Å²) in [4.78, 5) is 0. The highest BCUT2D eigenvalue weighted by molar-refractivity contribution is 14.1. The molecule has 1 atom stereocenters. The highest BCUT2D eigenvalue weighted by Crippen LogP contribution is 2.29. The van der Waals surface area contributed by atoms with E-state index < -0.39 is 0 Å². The average molecular weight is 540 g/mol. The Morgan fingerprint density at radius 2 is 1.81 bits per heavy atom. The second-order valence-electron chi connectivity index (χ2n) is 6.18. The molecule has 0 heterocycles. The minimum Gasteiger partial charge on any atom is -0.486 e. The summed E-state index contributed by atoms with van der Waals surface area (Å²) in [5.41, 5.74) is 1.79. The number of rotatable bonds is 8. The van der Waals surface area contributed by atoms with E-state index in [0.29, 0.717) is 12.0 Å². The maximum atomic E-state index is 14.5. The number of nitrogens with one attached hydrogen (secondary N) is 1. The number of hydrogen-bond donors (Lipinski definition) is 1. The molecule has 0 aliphatic carbocycles. The van der Waals surface area contributed by atoms with Crippen molar-refractivity contribution < 1.29 is 9.13 Å². The van der Waals surface area contributed by atoms with Crippen molar-refractivity contribution >= 4 is 38.5 Å². The van der Waals surface area contributed by atoms with Crippen LogP contribution in [0.15, 0.2) is 77.3 Å². The van der Waals surface area contributed by atoms with Crippen LogP contribution >= 0.6 is 38.5 Å². The maximum Gasteiger partial charge on any atom is 0.131 e. The summed E-state index contributed by atoms with van der Waals surface area (Å²) in [6, 6.07) is 23.2.